The first-order valence-electron chi connectivity index (χ1n) is 7.89. The smallest absolute Gasteiger partial charge is 0.304 e. The van der Waals surface area contributed by atoms with Gasteiger partial charge in [0.2, 0.25) is 0 Å². The fraction of sp³-hybridized carbons (Fsp3) is 0.933. The average Bonchev–Trinajstić information content (AvgIpc) is 2.89. The maximum Gasteiger partial charge on any atom is 0.304 e. The highest BCUT2D eigenvalue weighted by molar-refractivity contribution is 5.66. The standard InChI is InChI=1S/C15H30N2O2/c1-2-3-4-5-9-17(12-8-15(18)19)14-13-16-10-6-7-11-16/h2-14H2,1H3,(H,18,19). The van der Waals surface area contributed by atoms with Crippen LogP contribution in [0.1, 0.15) is 51.9 Å². The molecule has 0 aromatic rings. The lowest BCUT2D eigenvalue weighted by Gasteiger charge is -2.24. The van der Waals surface area contributed by atoms with Crippen LogP contribution in [0.25, 0.3) is 0 Å². The first-order chi connectivity index (χ1) is 9.22. The van der Waals surface area contributed by atoms with Crippen molar-refractivity contribution in [3.8, 4) is 0 Å². The summed E-state index contributed by atoms with van der Waals surface area (Å²) in [6.07, 6.45) is 7.93. The first-order valence-corrected chi connectivity index (χ1v) is 7.89. The van der Waals surface area contributed by atoms with Gasteiger partial charge < -0.3 is 14.9 Å². The number of unbranched alkanes of at least 4 members (excludes halogenated alkanes) is 3. The van der Waals surface area contributed by atoms with Crippen molar-refractivity contribution in [1.29, 1.82) is 0 Å². The van der Waals surface area contributed by atoms with Crippen LogP contribution in [0, 0.1) is 0 Å². The number of carboxylic acids is 1. The van der Waals surface area contributed by atoms with Gasteiger partial charge in [0, 0.05) is 19.6 Å². The highest BCUT2D eigenvalue weighted by atomic mass is 16.4. The molecule has 19 heavy (non-hydrogen) atoms. The summed E-state index contributed by atoms with van der Waals surface area (Å²) >= 11 is 0. The number of nitrogens with zero attached hydrogens (tertiary/aromatic N) is 2. The lowest BCUT2D eigenvalue weighted by molar-refractivity contribution is -0.137. The van der Waals surface area contributed by atoms with Crippen molar-refractivity contribution in [2.75, 3.05) is 39.3 Å². The molecule has 1 aliphatic heterocycles. The maximum atomic E-state index is 10.7. The van der Waals surface area contributed by atoms with E-state index in [1.165, 1.54) is 51.6 Å². The molecule has 0 aliphatic carbocycles. The van der Waals surface area contributed by atoms with E-state index in [1.807, 2.05) is 0 Å². The van der Waals surface area contributed by atoms with E-state index in [1.54, 1.807) is 0 Å². The Labute approximate surface area is 117 Å². The van der Waals surface area contributed by atoms with Crippen LogP contribution in [0.3, 0.4) is 0 Å². The highest BCUT2D eigenvalue weighted by Gasteiger charge is 2.13. The largest absolute Gasteiger partial charge is 0.481 e. The van der Waals surface area contributed by atoms with Gasteiger partial charge in [0.25, 0.3) is 0 Å². The van der Waals surface area contributed by atoms with Gasteiger partial charge in [-0.1, -0.05) is 26.2 Å². The SMILES string of the molecule is CCCCCCN(CCC(=O)O)CCN1CCCC1. The molecule has 0 aromatic heterocycles. The Bertz CT molecular complexity index is 240. The molecule has 0 saturated carbocycles. The van der Waals surface area contributed by atoms with E-state index in [-0.39, 0.29) is 6.42 Å². The second kappa shape index (κ2) is 10.2. The molecule has 0 atom stereocenters. The van der Waals surface area contributed by atoms with E-state index < -0.39 is 5.97 Å². The van der Waals surface area contributed by atoms with Crippen molar-refractivity contribution in [3.05, 3.63) is 0 Å². The third kappa shape index (κ3) is 8.22. The summed E-state index contributed by atoms with van der Waals surface area (Å²) in [4.78, 5) is 15.5. The molecule has 1 N–H and O–H groups in total. The summed E-state index contributed by atoms with van der Waals surface area (Å²) in [7, 11) is 0. The monoisotopic (exact) mass is 270 g/mol. The number of hydrogen-bond donors (Lipinski definition) is 1. The van der Waals surface area contributed by atoms with Crippen molar-refractivity contribution in [3.63, 3.8) is 0 Å². The fourth-order valence-corrected chi connectivity index (χ4v) is 2.64. The minimum Gasteiger partial charge on any atom is -0.481 e. The average molecular weight is 270 g/mol. The lowest BCUT2D eigenvalue weighted by atomic mass is 10.2. The molecule has 0 spiro atoms. The normalized spacial score (nSPS) is 16.3. The molecule has 0 aromatic carbocycles. The second-order valence-corrected chi connectivity index (χ2v) is 5.59. The predicted molar refractivity (Wildman–Crippen MR) is 78.5 cm³/mol. The minimum absolute atomic E-state index is 0.272. The predicted octanol–water partition coefficient (Wildman–Crippen LogP) is 2.44. The number of aliphatic carboxylic acids is 1. The Kier molecular flexibility index (Phi) is 8.84. The molecule has 1 fully saturated rings. The molecule has 0 radical (unpaired) electrons. The van der Waals surface area contributed by atoms with Crippen LogP contribution in [0.2, 0.25) is 0 Å². The van der Waals surface area contributed by atoms with Crippen molar-refractivity contribution >= 4 is 5.97 Å². The molecule has 1 heterocycles. The molecule has 4 heteroatoms. The lowest BCUT2D eigenvalue weighted by Crippen LogP contribution is -2.35. The fourth-order valence-electron chi connectivity index (χ4n) is 2.64. The molecular weight excluding hydrogens is 240 g/mol. The van der Waals surface area contributed by atoms with Gasteiger partial charge in [0.15, 0.2) is 0 Å². The number of rotatable bonds is 11. The van der Waals surface area contributed by atoms with E-state index in [0.717, 1.165) is 19.6 Å². The third-order valence-corrected chi connectivity index (χ3v) is 3.90. The van der Waals surface area contributed by atoms with Crippen LogP contribution in [-0.4, -0.2) is 60.1 Å². The summed E-state index contributed by atoms with van der Waals surface area (Å²) in [5.41, 5.74) is 0. The summed E-state index contributed by atoms with van der Waals surface area (Å²) in [5, 5.41) is 8.81. The summed E-state index contributed by atoms with van der Waals surface area (Å²) in [6, 6.07) is 0. The number of likely N-dealkylation sites (tertiary alicyclic amines) is 1. The van der Waals surface area contributed by atoms with Crippen molar-refractivity contribution in [1.82, 2.24) is 9.80 Å². The number of carbonyl (C=O) groups is 1. The Morgan fingerprint density at radius 1 is 1.11 bits per heavy atom. The zero-order valence-corrected chi connectivity index (χ0v) is 12.4. The maximum absolute atomic E-state index is 10.7. The van der Waals surface area contributed by atoms with Gasteiger partial charge in [-0.3, -0.25) is 4.79 Å². The minimum atomic E-state index is -0.681. The quantitative estimate of drug-likeness (QED) is 0.586. The molecule has 0 bridgehead atoms. The van der Waals surface area contributed by atoms with Gasteiger partial charge in [0.1, 0.15) is 0 Å². The Morgan fingerprint density at radius 3 is 2.47 bits per heavy atom. The van der Waals surface area contributed by atoms with E-state index in [0.29, 0.717) is 6.54 Å². The van der Waals surface area contributed by atoms with Crippen LogP contribution in [0.5, 0.6) is 0 Å². The van der Waals surface area contributed by atoms with E-state index in [9.17, 15) is 4.79 Å². The molecule has 1 saturated heterocycles. The molecule has 0 amide bonds. The zero-order chi connectivity index (χ0) is 13.9. The molecule has 0 unspecified atom stereocenters. The zero-order valence-electron chi connectivity index (χ0n) is 12.4. The molecule has 1 aliphatic rings. The van der Waals surface area contributed by atoms with Gasteiger partial charge in [-0.25, -0.2) is 0 Å². The van der Waals surface area contributed by atoms with Crippen LogP contribution >= 0.6 is 0 Å². The van der Waals surface area contributed by atoms with Crippen LogP contribution in [-0.2, 0) is 4.79 Å². The molecular formula is C15H30N2O2. The van der Waals surface area contributed by atoms with Gasteiger partial charge in [0.05, 0.1) is 6.42 Å². The summed E-state index contributed by atoms with van der Waals surface area (Å²) < 4.78 is 0. The summed E-state index contributed by atoms with van der Waals surface area (Å²) in [5.74, 6) is -0.681. The van der Waals surface area contributed by atoms with Crippen molar-refractivity contribution in [2.45, 2.75) is 51.9 Å². The van der Waals surface area contributed by atoms with E-state index >= 15 is 0 Å². The van der Waals surface area contributed by atoms with Gasteiger partial charge in [-0.15, -0.1) is 0 Å². The van der Waals surface area contributed by atoms with Gasteiger partial charge in [-0.05, 0) is 38.9 Å². The summed E-state index contributed by atoms with van der Waals surface area (Å²) in [6.45, 7) is 8.56. The van der Waals surface area contributed by atoms with Crippen LogP contribution in [0.15, 0.2) is 0 Å². The van der Waals surface area contributed by atoms with Gasteiger partial charge >= 0.3 is 5.97 Å². The third-order valence-electron chi connectivity index (χ3n) is 3.90. The van der Waals surface area contributed by atoms with E-state index in [2.05, 4.69) is 16.7 Å². The topological polar surface area (TPSA) is 43.8 Å². The molecule has 4 nitrogen and oxygen atoms in total. The van der Waals surface area contributed by atoms with Crippen molar-refractivity contribution < 1.29 is 9.90 Å². The Hall–Kier alpha value is -0.610. The second-order valence-electron chi connectivity index (χ2n) is 5.59. The Morgan fingerprint density at radius 2 is 1.84 bits per heavy atom. The number of carboxylic acid groups (broad SMARTS) is 1. The van der Waals surface area contributed by atoms with Crippen LogP contribution in [0.4, 0.5) is 0 Å². The van der Waals surface area contributed by atoms with Gasteiger partial charge in [-0.2, -0.15) is 0 Å². The van der Waals surface area contributed by atoms with Crippen molar-refractivity contribution in [2.24, 2.45) is 0 Å². The molecule has 1 rings (SSSR count). The van der Waals surface area contributed by atoms with E-state index in [4.69, 9.17) is 5.11 Å². The first kappa shape index (κ1) is 16.4. The number of hydrogen-bond acceptors (Lipinski definition) is 3. The molecule has 112 valence electrons. The highest BCUT2D eigenvalue weighted by Crippen LogP contribution is 2.08. The Balaban J connectivity index is 2.19. The van der Waals surface area contributed by atoms with Crippen LogP contribution < -0.4 is 0 Å².